The Labute approximate surface area is 540 Å². The quantitative estimate of drug-likeness (QED) is 0.0211. The highest BCUT2D eigenvalue weighted by atomic mass is 31.2. The van der Waals surface area contributed by atoms with Crippen molar-refractivity contribution in [3.8, 4) is 0 Å². The first kappa shape index (κ1) is 83.1. The molecule has 0 aliphatic carbocycles. The van der Waals surface area contributed by atoms with E-state index in [1.54, 1.807) is 0 Å². The molecule has 0 radical (unpaired) electrons. The molecule has 9 nitrogen and oxygen atoms in total. The molecule has 0 fully saturated rings. The van der Waals surface area contributed by atoms with Gasteiger partial charge in [0.05, 0.1) is 27.7 Å². The van der Waals surface area contributed by atoms with Gasteiger partial charge in [-0.3, -0.25) is 18.6 Å². The summed E-state index contributed by atoms with van der Waals surface area (Å²) in [5.41, 5.74) is 0. The van der Waals surface area contributed by atoms with E-state index in [0.29, 0.717) is 17.4 Å². The number of ether oxygens (including phenoxy) is 2. The molecule has 0 aliphatic heterocycles. The second-order valence-electron chi connectivity index (χ2n) is 23.4. The van der Waals surface area contributed by atoms with Crippen LogP contribution in [0.4, 0.5) is 0 Å². The average molecular weight is 1240 g/mol. The van der Waals surface area contributed by atoms with Gasteiger partial charge in [-0.05, 0) is 135 Å². The first-order valence-electron chi connectivity index (χ1n) is 34.5. The molecule has 88 heavy (non-hydrogen) atoms. The van der Waals surface area contributed by atoms with Crippen LogP contribution in [-0.4, -0.2) is 74.9 Å². The van der Waals surface area contributed by atoms with Gasteiger partial charge in [0.1, 0.15) is 19.8 Å². The zero-order valence-corrected chi connectivity index (χ0v) is 57.3. The number of hydrogen-bond acceptors (Lipinski definition) is 7. The highest BCUT2D eigenvalue weighted by Gasteiger charge is 2.27. The number of phosphoric acid groups is 1. The van der Waals surface area contributed by atoms with Crippen LogP contribution >= 0.6 is 7.82 Å². The molecule has 0 aromatic heterocycles. The van der Waals surface area contributed by atoms with E-state index >= 15 is 0 Å². The van der Waals surface area contributed by atoms with Crippen LogP contribution < -0.4 is 0 Å². The van der Waals surface area contributed by atoms with Crippen molar-refractivity contribution in [2.75, 3.05) is 47.5 Å². The number of quaternary nitrogens is 1. The zero-order chi connectivity index (χ0) is 64.1. The lowest BCUT2D eigenvalue weighted by molar-refractivity contribution is -0.870. The second kappa shape index (κ2) is 66.5. The molecule has 0 rings (SSSR count). The summed E-state index contributed by atoms with van der Waals surface area (Å²) in [5, 5.41) is 0. The van der Waals surface area contributed by atoms with E-state index in [2.05, 4.69) is 196 Å². The molecule has 2 unspecified atom stereocenters. The minimum atomic E-state index is -4.41. The number of likely N-dealkylation sites (N-methyl/N-ethyl adjacent to an activating group) is 1. The van der Waals surface area contributed by atoms with Crippen molar-refractivity contribution in [2.45, 2.75) is 251 Å². The van der Waals surface area contributed by atoms with Gasteiger partial charge in [0.15, 0.2) is 6.10 Å². The van der Waals surface area contributed by atoms with Crippen LogP contribution in [0.5, 0.6) is 0 Å². The molecular formula is C78H127NO8P+. The lowest BCUT2D eigenvalue weighted by Gasteiger charge is -2.24. The Kier molecular flexibility index (Phi) is 62.8. The number of esters is 2. The Bertz CT molecular complexity index is 2140. The van der Waals surface area contributed by atoms with E-state index in [0.717, 1.165) is 154 Å². The monoisotopic (exact) mass is 1240 g/mol. The van der Waals surface area contributed by atoms with Crippen molar-refractivity contribution < 1.29 is 42.1 Å². The number of phosphoric ester groups is 1. The van der Waals surface area contributed by atoms with Gasteiger partial charge in [-0.1, -0.05) is 280 Å². The molecule has 0 amide bonds. The number of nitrogens with zero attached hydrogens (tertiary/aromatic N) is 1. The molecule has 0 saturated heterocycles. The molecule has 0 aliphatic rings. The maximum atomic E-state index is 12.9. The van der Waals surface area contributed by atoms with E-state index in [1.807, 2.05) is 21.1 Å². The summed E-state index contributed by atoms with van der Waals surface area (Å²) in [6.07, 6.45) is 103. The molecule has 10 heteroatoms. The van der Waals surface area contributed by atoms with Crippen molar-refractivity contribution in [2.24, 2.45) is 0 Å². The first-order valence-corrected chi connectivity index (χ1v) is 36.0. The number of carbonyl (C=O) groups excluding carboxylic acids is 2. The third-order valence-electron chi connectivity index (χ3n) is 13.9. The molecule has 0 heterocycles. The van der Waals surface area contributed by atoms with Crippen molar-refractivity contribution in [1.82, 2.24) is 0 Å². The highest BCUT2D eigenvalue weighted by Crippen LogP contribution is 2.43. The number of hydrogen-bond donors (Lipinski definition) is 1. The maximum absolute atomic E-state index is 12.9. The van der Waals surface area contributed by atoms with Gasteiger partial charge < -0.3 is 18.9 Å². The molecule has 0 aromatic rings. The molecule has 496 valence electrons. The summed E-state index contributed by atoms with van der Waals surface area (Å²) in [4.78, 5) is 35.9. The van der Waals surface area contributed by atoms with Crippen LogP contribution in [0.2, 0.25) is 0 Å². The van der Waals surface area contributed by atoms with E-state index in [-0.39, 0.29) is 32.0 Å². The third kappa shape index (κ3) is 70.2. The van der Waals surface area contributed by atoms with Crippen molar-refractivity contribution in [3.05, 3.63) is 182 Å². The lowest BCUT2D eigenvalue weighted by Crippen LogP contribution is -2.37. The molecule has 0 saturated carbocycles. The summed E-state index contributed by atoms with van der Waals surface area (Å²) >= 11 is 0. The molecule has 1 N–H and O–H groups in total. The fraction of sp³-hybridized carbons (Fsp3) is 0.590. The van der Waals surface area contributed by atoms with Crippen LogP contribution in [0.1, 0.15) is 245 Å². The Morgan fingerprint density at radius 2 is 0.614 bits per heavy atom. The number of rotatable bonds is 61. The van der Waals surface area contributed by atoms with Gasteiger partial charge in [0, 0.05) is 12.8 Å². The summed E-state index contributed by atoms with van der Waals surface area (Å²) in [5.74, 6) is -0.827. The van der Waals surface area contributed by atoms with Crippen molar-refractivity contribution in [1.29, 1.82) is 0 Å². The lowest BCUT2D eigenvalue weighted by atomic mass is 10.1. The standard InChI is InChI=1S/C78H126NO8P/c1-6-8-10-12-14-16-18-20-22-24-26-28-30-32-34-36-37-38-39-40-41-43-45-47-49-51-53-55-57-59-61-63-65-67-69-71-78(81)87-76(75-86-88(82,83)85-73-72-79(3,4)5)74-84-77(80)70-68-66-64-62-60-58-56-54-52-50-48-46-44-42-35-33-31-29-27-25-23-21-19-17-15-13-11-9-7-2/h8-11,14-17,20-23,26-29,32-35,37-38,40-41,44-47,51,53,76H,6-7,12-13,18-19,24-25,30-31,36,39,42-43,48-50,52,54-75H2,1-5H3/p+1/b10-8-,11-9-,16-14-,17-15-,22-20-,23-21-,28-26-,29-27-,34-32-,35-33-,38-37-,41-40-,46-44-,47-45-,53-51-. The fourth-order valence-electron chi connectivity index (χ4n) is 8.72. The highest BCUT2D eigenvalue weighted by molar-refractivity contribution is 7.47. The Hall–Kier alpha value is -4.89. The van der Waals surface area contributed by atoms with Crippen LogP contribution in [-0.2, 0) is 32.7 Å². The van der Waals surface area contributed by atoms with Crippen molar-refractivity contribution >= 4 is 19.8 Å². The van der Waals surface area contributed by atoms with Crippen LogP contribution in [0.25, 0.3) is 0 Å². The molecular weight excluding hydrogens is 1110 g/mol. The number of allylic oxidation sites excluding steroid dienone is 30. The van der Waals surface area contributed by atoms with E-state index in [9.17, 15) is 19.0 Å². The largest absolute Gasteiger partial charge is 0.472 e. The zero-order valence-electron chi connectivity index (χ0n) is 56.4. The molecule has 0 bridgehead atoms. The summed E-state index contributed by atoms with van der Waals surface area (Å²) < 4.78 is 34.7. The summed E-state index contributed by atoms with van der Waals surface area (Å²) in [6, 6.07) is 0. The predicted octanol–water partition coefficient (Wildman–Crippen LogP) is 22.7. The van der Waals surface area contributed by atoms with Crippen LogP contribution in [0.15, 0.2) is 182 Å². The van der Waals surface area contributed by atoms with Crippen LogP contribution in [0.3, 0.4) is 0 Å². The van der Waals surface area contributed by atoms with Crippen molar-refractivity contribution in [3.63, 3.8) is 0 Å². The Morgan fingerprint density at radius 1 is 0.352 bits per heavy atom. The van der Waals surface area contributed by atoms with Gasteiger partial charge in [0.2, 0.25) is 0 Å². The van der Waals surface area contributed by atoms with Crippen LogP contribution in [0, 0.1) is 0 Å². The summed E-state index contributed by atoms with van der Waals surface area (Å²) in [7, 11) is 1.44. The van der Waals surface area contributed by atoms with E-state index in [4.69, 9.17) is 18.5 Å². The van der Waals surface area contributed by atoms with Gasteiger partial charge in [-0.15, -0.1) is 0 Å². The molecule has 0 spiro atoms. The van der Waals surface area contributed by atoms with Gasteiger partial charge in [-0.25, -0.2) is 4.57 Å². The maximum Gasteiger partial charge on any atom is 0.472 e. The minimum absolute atomic E-state index is 0.0185. The van der Waals surface area contributed by atoms with E-state index in [1.165, 1.54) is 57.8 Å². The first-order chi connectivity index (χ1) is 43.0. The Balaban J connectivity index is 4.18. The Morgan fingerprint density at radius 3 is 0.909 bits per heavy atom. The SMILES string of the molecule is CC/C=C\C/C=C\C/C=C\C/C=C\C/C=C\C/C=C\C/C=C\C/C=C\C/C=C\CCCCCCCCCC(=O)OC(COC(=O)CCCCCCCCCCCC/C=C\C/C=C\C/C=C\C/C=C\C/C=C\C/C=C\CC)COP(=O)(O)OCC[N+](C)(C)C. The van der Waals surface area contributed by atoms with Gasteiger partial charge in [0.25, 0.3) is 0 Å². The minimum Gasteiger partial charge on any atom is -0.462 e. The summed E-state index contributed by atoms with van der Waals surface area (Å²) in [6.45, 7) is 4.17. The van der Waals surface area contributed by atoms with Gasteiger partial charge >= 0.3 is 19.8 Å². The number of unbranched alkanes of at least 4 members (excludes halogenated alkanes) is 17. The van der Waals surface area contributed by atoms with Gasteiger partial charge in [-0.2, -0.15) is 0 Å². The predicted molar refractivity (Wildman–Crippen MR) is 380 cm³/mol. The third-order valence-corrected chi connectivity index (χ3v) is 14.9. The molecule has 0 aromatic carbocycles. The fourth-order valence-corrected chi connectivity index (χ4v) is 9.46. The average Bonchev–Trinajstić information content (AvgIpc) is 3.57. The van der Waals surface area contributed by atoms with E-state index < -0.39 is 26.5 Å². The smallest absolute Gasteiger partial charge is 0.462 e. The topological polar surface area (TPSA) is 108 Å². The second-order valence-corrected chi connectivity index (χ2v) is 24.9. The normalized spacial score (nSPS) is 14.3. The molecule has 2 atom stereocenters. The number of carbonyl (C=O) groups is 2.